The van der Waals surface area contributed by atoms with E-state index in [1.165, 1.54) is 0 Å². The molecule has 0 saturated heterocycles. The van der Waals surface area contributed by atoms with Crippen molar-refractivity contribution < 1.29 is 9.53 Å². The minimum atomic E-state index is -0.265. The molecule has 6 heteroatoms. The second kappa shape index (κ2) is 8.19. The summed E-state index contributed by atoms with van der Waals surface area (Å²) >= 11 is 3.41. The molecule has 0 fully saturated rings. The molecule has 0 unspecified atom stereocenters. The number of benzene rings is 3. The van der Waals surface area contributed by atoms with Crippen molar-refractivity contribution in [3.8, 4) is 5.75 Å². The Morgan fingerprint density at radius 1 is 1.00 bits per heavy atom. The van der Waals surface area contributed by atoms with Crippen LogP contribution in [-0.4, -0.2) is 17.8 Å². The number of hydrogen-bond donors (Lipinski definition) is 1. The average Bonchev–Trinajstić information content (AvgIpc) is 3.03. The van der Waals surface area contributed by atoms with E-state index in [1.807, 2.05) is 72.8 Å². The average molecular weight is 434 g/mol. The number of para-hydroxylation sites is 1. The molecule has 0 atom stereocenters. The van der Waals surface area contributed by atoms with Gasteiger partial charge in [-0.3, -0.25) is 4.79 Å². The molecule has 0 aromatic heterocycles. The molecule has 0 bridgehead atoms. The number of halogens is 1. The van der Waals surface area contributed by atoms with Gasteiger partial charge < -0.3 is 10.1 Å². The Labute approximate surface area is 170 Å². The lowest BCUT2D eigenvalue weighted by Gasteiger charge is -2.08. The molecule has 1 N–H and O–H groups in total. The Bertz CT molecular complexity index is 1080. The predicted octanol–water partition coefficient (Wildman–Crippen LogP) is 4.80. The van der Waals surface area contributed by atoms with Crippen LogP contribution < -0.4 is 10.1 Å². The lowest BCUT2D eigenvalue weighted by atomic mass is 10.1. The van der Waals surface area contributed by atoms with Crippen LogP contribution in [0.2, 0.25) is 0 Å². The minimum Gasteiger partial charge on any atom is -0.488 e. The molecule has 0 saturated carbocycles. The molecule has 3 aromatic carbocycles. The van der Waals surface area contributed by atoms with Crippen LogP contribution in [0.3, 0.4) is 0 Å². The fourth-order valence-corrected chi connectivity index (χ4v) is 3.19. The van der Waals surface area contributed by atoms with Gasteiger partial charge in [0.2, 0.25) is 0 Å². The normalized spacial score (nSPS) is 14.3. The Hall–Kier alpha value is -3.25. The molecule has 4 rings (SSSR count). The first kappa shape index (κ1) is 18.1. The molecular weight excluding hydrogens is 418 g/mol. The number of hydrogen-bond acceptors (Lipinski definition) is 4. The lowest BCUT2D eigenvalue weighted by Crippen LogP contribution is -2.13. The first-order chi connectivity index (χ1) is 13.7. The summed E-state index contributed by atoms with van der Waals surface area (Å²) < 4.78 is 6.79. The number of nitrogens with zero attached hydrogens (tertiary/aromatic N) is 2. The van der Waals surface area contributed by atoms with E-state index in [1.54, 1.807) is 6.21 Å². The maximum Gasteiger partial charge on any atom is 0.276 e. The van der Waals surface area contributed by atoms with E-state index in [2.05, 4.69) is 31.4 Å². The second-order valence-corrected chi connectivity index (χ2v) is 7.06. The zero-order valence-electron chi connectivity index (χ0n) is 14.8. The summed E-state index contributed by atoms with van der Waals surface area (Å²) in [7, 11) is 0. The highest BCUT2D eigenvalue weighted by Gasteiger charge is 2.26. The Balaban J connectivity index is 1.54. The zero-order chi connectivity index (χ0) is 19.3. The lowest BCUT2D eigenvalue weighted by molar-refractivity contribution is -0.110. The third-order valence-corrected chi connectivity index (χ3v) is 4.70. The van der Waals surface area contributed by atoms with E-state index in [0.29, 0.717) is 12.4 Å². The van der Waals surface area contributed by atoms with Crippen molar-refractivity contribution in [2.75, 3.05) is 5.32 Å². The summed E-state index contributed by atoms with van der Waals surface area (Å²) in [5.41, 5.74) is 3.61. The number of ether oxygens (including phenoxy) is 1. The van der Waals surface area contributed by atoms with E-state index in [9.17, 15) is 4.79 Å². The second-order valence-electron chi connectivity index (χ2n) is 6.15. The Morgan fingerprint density at radius 3 is 2.64 bits per heavy atom. The topological polar surface area (TPSA) is 63.0 Å². The van der Waals surface area contributed by atoms with Crippen LogP contribution in [-0.2, 0) is 11.4 Å². The summed E-state index contributed by atoms with van der Waals surface area (Å²) in [6, 6.07) is 23.1. The molecule has 138 valence electrons. The van der Waals surface area contributed by atoms with E-state index >= 15 is 0 Å². The Morgan fingerprint density at radius 2 is 1.79 bits per heavy atom. The highest BCUT2D eigenvalue weighted by atomic mass is 79.9. The van der Waals surface area contributed by atoms with E-state index < -0.39 is 0 Å². The van der Waals surface area contributed by atoms with Crippen molar-refractivity contribution >= 4 is 39.5 Å². The van der Waals surface area contributed by atoms with Crippen molar-refractivity contribution in [3.63, 3.8) is 0 Å². The number of nitrogens with one attached hydrogen (secondary N) is 1. The fourth-order valence-electron chi connectivity index (χ4n) is 2.83. The summed E-state index contributed by atoms with van der Waals surface area (Å²) in [6.07, 6.45) is 1.59. The molecule has 1 aliphatic heterocycles. The third kappa shape index (κ3) is 4.02. The van der Waals surface area contributed by atoms with Crippen LogP contribution in [0.1, 0.15) is 16.7 Å². The summed E-state index contributed by atoms with van der Waals surface area (Å²) in [6.45, 7) is 0.462. The van der Waals surface area contributed by atoms with Crippen LogP contribution in [0.25, 0.3) is 0 Å². The standard InChI is InChI=1S/C22H16BrN3O2/c23-17-10-11-19-18(12-17)21(22(27)25-19)26-24-13-16-8-4-5-9-20(16)28-14-15-6-2-1-3-7-15/h1-13H,14H2,(H,25,26,27)/b24-13-. The maximum absolute atomic E-state index is 12.2. The number of fused-ring (bicyclic) bond motifs is 1. The summed E-state index contributed by atoms with van der Waals surface area (Å²) in [5, 5.41) is 11.0. The zero-order valence-corrected chi connectivity index (χ0v) is 16.4. The van der Waals surface area contributed by atoms with Crippen molar-refractivity contribution in [2.24, 2.45) is 10.2 Å². The van der Waals surface area contributed by atoms with Crippen molar-refractivity contribution in [1.29, 1.82) is 0 Å². The summed E-state index contributed by atoms with van der Waals surface area (Å²) in [4.78, 5) is 12.2. The number of amides is 1. The number of anilines is 1. The molecule has 5 nitrogen and oxygen atoms in total. The van der Waals surface area contributed by atoms with Crippen LogP contribution in [0.4, 0.5) is 5.69 Å². The highest BCUT2D eigenvalue weighted by molar-refractivity contribution is 9.10. The number of carbonyl (C=O) groups is 1. The third-order valence-electron chi connectivity index (χ3n) is 4.21. The number of rotatable bonds is 5. The van der Waals surface area contributed by atoms with Gasteiger partial charge in [-0.25, -0.2) is 0 Å². The quantitative estimate of drug-likeness (QED) is 0.463. The van der Waals surface area contributed by atoms with Gasteiger partial charge in [-0.1, -0.05) is 58.4 Å². The van der Waals surface area contributed by atoms with Gasteiger partial charge in [0.1, 0.15) is 12.4 Å². The van der Waals surface area contributed by atoms with Crippen LogP contribution in [0.5, 0.6) is 5.75 Å². The van der Waals surface area contributed by atoms with Gasteiger partial charge in [0.25, 0.3) is 5.91 Å². The van der Waals surface area contributed by atoms with Crippen molar-refractivity contribution in [3.05, 3.63) is 94.0 Å². The smallest absolute Gasteiger partial charge is 0.276 e. The molecular formula is C22H16BrN3O2. The fraction of sp³-hybridized carbons (Fsp3) is 0.0455. The summed E-state index contributed by atoms with van der Waals surface area (Å²) in [5.74, 6) is 0.438. The van der Waals surface area contributed by atoms with E-state index in [4.69, 9.17) is 4.74 Å². The van der Waals surface area contributed by atoms with Gasteiger partial charge in [0.05, 0.1) is 11.9 Å². The van der Waals surface area contributed by atoms with Crippen molar-refractivity contribution in [2.45, 2.75) is 6.61 Å². The van der Waals surface area contributed by atoms with Gasteiger partial charge in [0.15, 0.2) is 5.71 Å². The predicted molar refractivity (Wildman–Crippen MR) is 114 cm³/mol. The SMILES string of the molecule is O=C1Nc2ccc(Br)cc2/C1=N\N=C/c1ccccc1OCc1ccccc1. The van der Waals surface area contributed by atoms with Crippen molar-refractivity contribution in [1.82, 2.24) is 0 Å². The van der Waals surface area contributed by atoms with Gasteiger partial charge in [-0.05, 0) is 35.9 Å². The molecule has 3 aromatic rings. The van der Waals surface area contributed by atoms with Gasteiger partial charge in [-0.15, -0.1) is 5.10 Å². The molecule has 28 heavy (non-hydrogen) atoms. The molecule has 1 aliphatic rings. The molecule has 0 radical (unpaired) electrons. The van der Waals surface area contributed by atoms with Gasteiger partial charge in [0, 0.05) is 15.6 Å². The van der Waals surface area contributed by atoms with Gasteiger partial charge in [-0.2, -0.15) is 5.10 Å². The molecule has 1 heterocycles. The largest absolute Gasteiger partial charge is 0.488 e. The number of carbonyl (C=O) groups excluding carboxylic acids is 1. The van der Waals surface area contributed by atoms with Crippen LogP contribution in [0, 0.1) is 0 Å². The van der Waals surface area contributed by atoms with E-state index in [-0.39, 0.29) is 11.6 Å². The first-order valence-electron chi connectivity index (χ1n) is 8.69. The molecule has 0 spiro atoms. The maximum atomic E-state index is 12.2. The van der Waals surface area contributed by atoms with Crippen LogP contribution in [0.15, 0.2) is 87.5 Å². The van der Waals surface area contributed by atoms with E-state index in [0.717, 1.165) is 26.9 Å². The molecule has 0 aliphatic carbocycles. The highest BCUT2D eigenvalue weighted by Crippen LogP contribution is 2.27. The Kier molecular flexibility index (Phi) is 5.30. The molecule has 1 amide bonds. The monoisotopic (exact) mass is 433 g/mol. The first-order valence-corrected chi connectivity index (χ1v) is 9.48. The minimum absolute atomic E-state index is 0.265. The van der Waals surface area contributed by atoms with Crippen LogP contribution >= 0.6 is 15.9 Å². The van der Waals surface area contributed by atoms with Gasteiger partial charge >= 0.3 is 0 Å².